The molecule has 3 heteroatoms. The van der Waals surface area contributed by atoms with E-state index in [0.717, 1.165) is 0 Å². The predicted octanol–water partition coefficient (Wildman–Crippen LogP) is 10.5. The standard InChI is InChI=1S/C49H37NSSi/c1-49(2)41-25-12-11-24-39(41)40-32-31-35(33-42(40)49)50(43-26-15-18-34-17-9-10-23-38(34)43)44-27-16-30-47-48(44)51-45-28-13-14-29-46(45)52(47,36-19-5-3-6-20-36)37-21-7-4-8-22-37/h3-33H,1-2H3. The fourth-order valence-corrected chi connectivity index (χ4v) is 16.1. The maximum absolute atomic E-state index is 2.74. The fraction of sp³-hybridized carbons (Fsp3) is 0.0612. The quantitative estimate of drug-likeness (QED) is 0.165. The van der Waals surface area contributed by atoms with E-state index in [0.29, 0.717) is 0 Å². The highest BCUT2D eigenvalue weighted by Crippen LogP contribution is 2.52. The second-order valence-corrected chi connectivity index (χ2v) is 19.3. The lowest BCUT2D eigenvalue weighted by atomic mass is 9.82. The Morgan fingerprint density at radius 1 is 0.481 bits per heavy atom. The summed E-state index contributed by atoms with van der Waals surface area (Å²) >= 11 is 1.93. The Labute approximate surface area is 311 Å². The summed E-state index contributed by atoms with van der Waals surface area (Å²) in [7, 11) is -2.74. The molecule has 1 heterocycles. The monoisotopic (exact) mass is 699 g/mol. The first-order chi connectivity index (χ1) is 25.6. The van der Waals surface area contributed by atoms with E-state index in [9.17, 15) is 0 Å². The molecule has 0 radical (unpaired) electrons. The van der Waals surface area contributed by atoms with Crippen LogP contribution in [-0.2, 0) is 5.41 Å². The number of hydrogen-bond acceptors (Lipinski definition) is 2. The number of benzene rings is 8. The molecule has 0 fully saturated rings. The molecule has 1 aliphatic carbocycles. The number of rotatable bonds is 5. The van der Waals surface area contributed by atoms with Crippen LogP contribution in [0.5, 0.6) is 0 Å². The van der Waals surface area contributed by atoms with E-state index in [4.69, 9.17) is 0 Å². The lowest BCUT2D eigenvalue weighted by Gasteiger charge is -2.41. The Morgan fingerprint density at radius 2 is 1.08 bits per heavy atom. The first-order valence-corrected chi connectivity index (χ1v) is 20.9. The Kier molecular flexibility index (Phi) is 7.18. The molecular formula is C49H37NSSi. The van der Waals surface area contributed by atoms with Crippen molar-refractivity contribution in [2.24, 2.45) is 0 Å². The van der Waals surface area contributed by atoms with E-state index in [1.807, 2.05) is 11.8 Å². The minimum absolute atomic E-state index is 0.112. The number of nitrogens with zero attached hydrogens (tertiary/aromatic N) is 1. The van der Waals surface area contributed by atoms with Gasteiger partial charge in [0.1, 0.15) is 0 Å². The van der Waals surface area contributed by atoms with E-state index in [1.165, 1.54) is 80.6 Å². The van der Waals surface area contributed by atoms with E-state index < -0.39 is 8.07 Å². The average molecular weight is 700 g/mol. The van der Waals surface area contributed by atoms with Gasteiger partial charge in [0.25, 0.3) is 0 Å². The molecule has 10 rings (SSSR count). The zero-order valence-corrected chi connectivity index (χ0v) is 31.1. The summed E-state index contributed by atoms with van der Waals surface area (Å²) in [6.45, 7) is 4.75. The van der Waals surface area contributed by atoms with E-state index in [2.05, 4.69) is 207 Å². The van der Waals surface area contributed by atoms with Gasteiger partial charge in [-0.2, -0.15) is 0 Å². The van der Waals surface area contributed by atoms with Crippen LogP contribution < -0.4 is 25.6 Å². The highest BCUT2D eigenvalue weighted by Gasteiger charge is 2.48. The predicted molar refractivity (Wildman–Crippen MR) is 224 cm³/mol. The van der Waals surface area contributed by atoms with Crippen LogP contribution in [0.15, 0.2) is 198 Å². The van der Waals surface area contributed by atoms with Crippen molar-refractivity contribution in [1.29, 1.82) is 0 Å². The van der Waals surface area contributed by atoms with Crippen molar-refractivity contribution < 1.29 is 0 Å². The lowest BCUT2D eigenvalue weighted by Crippen LogP contribution is -2.76. The van der Waals surface area contributed by atoms with Gasteiger partial charge in [-0.1, -0.05) is 183 Å². The zero-order chi connectivity index (χ0) is 34.9. The van der Waals surface area contributed by atoms with Crippen molar-refractivity contribution in [3.63, 3.8) is 0 Å². The topological polar surface area (TPSA) is 3.24 Å². The third-order valence-electron chi connectivity index (χ3n) is 11.4. The normalized spacial score (nSPS) is 14.6. The zero-order valence-electron chi connectivity index (χ0n) is 29.3. The Morgan fingerprint density at radius 3 is 1.88 bits per heavy atom. The smallest absolute Gasteiger partial charge is 0.181 e. The summed E-state index contributed by atoms with van der Waals surface area (Å²) in [6, 6.07) is 70.5. The molecule has 1 nitrogen and oxygen atoms in total. The second-order valence-electron chi connectivity index (χ2n) is 14.5. The first-order valence-electron chi connectivity index (χ1n) is 18.1. The molecule has 2 aliphatic rings. The average Bonchev–Trinajstić information content (AvgIpc) is 3.43. The second kappa shape index (κ2) is 12.0. The van der Waals surface area contributed by atoms with Crippen LogP contribution in [-0.4, -0.2) is 8.07 Å². The highest BCUT2D eigenvalue weighted by atomic mass is 32.2. The van der Waals surface area contributed by atoms with Gasteiger partial charge in [0, 0.05) is 26.3 Å². The van der Waals surface area contributed by atoms with Crippen molar-refractivity contribution in [2.75, 3.05) is 4.90 Å². The molecule has 0 atom stereocenters. The van der Waals surface area contributed by atoms with Crippen molar-refractivity contribution in [3.05, 3.63) is 199 Å². The Hall–Kier alpha value is -5.61. The van der Waals surface area contributed by atoms with Crippen LogP contribution in [0.2, 0.25) is 0 Å². The Balaban J connectivity index is 1.29. The summed E-state index contributed by atoms with van der Waals surface area (Å²) in [5.41, 5.74) is 8.91. The van der Waals surface area contributed by atoms with E-state index in [1.54, 1.807) is 0 Å². The lowest BCUT2D eigenvalue weighted by molar-refractivity contribution is 0.660. The van der Waals surface area contributed by atoms with Crippen LogP contribution in [0.1, 0.15) is 25.0 Å². The summed E-state index contributed by atoms with van der Waals surface area (Å²) in [5.74, 6) is 0. The summed E-state index contributed by atoms with van der Waals surface area (Å²) < 4.78 is 0. The number of fused-ring (bicyclic) bond motifs is 6. The molecule has 8 aromatic rings. The molecule has 52 heavy (non-hydrogen) atoms. The van der Waals surface area contributed by atoms with Crippen LogP contribution in [0.4, 0.5) is 17.1 Å². The van der Waals surface area contributed by atoms with E-state index >= 15 is 0 Å². The van der Waals surface area contributed by atoms with Crippen molar-refractivity contribution >= 4 is 68.4 Å². The summed E-state index contributed by atoms with van der Waals surface area (Å²) in [4.78, 5) is 5.22. The Bertz CT molecular complexity index is 2600. The maximum Gasteiger partial charge on any atom is 0.181 e. The van der Waals surface area contributed by atoms with Gasteiger partial charge in [-0.05, 0) is 78.7 Å². The number of anilines is 3. The van der Waals surface area contributed by atoms with E-state index in [-0.39, 0.29) is 5.41 Å². The van der Waals surface area contributed by atoms with Crippen molar-refractivity contribution in [2.45, 2.75) is 29.1 Å². The van der Waals surface area contributed by atoms with Gasteiger partial charge in [0.05, 0.1) is 11.4 Å². The van der Waals surface area contributed by atoms with Crippen LogP contribution in [0.25, 0.3) is 21.9 Å². The molecular weight excluding hydrogens is 663 g/mol. The fourth-order valence-electron chi connectivity index (χ4n) is 9.03. The molecule has 0 saturated heterocycles. The van der Waals surface area contributed by atoms with Gasteiger partial charge < -0.3 is 4.90 Å². The molecule has 0 spiro atoms. The molecule has 8 aromatic carbocycles. The van der Waals surface area contributed by atoms with Gasteiger partial charge in [0.15, 0.2) is 8.07 Å². The van der Waals surface area contributed by atoms with Crippen molar-refractivity contribution in [1.82, 2.24) is 0 Å². The largest absolute Gasteiger partial charge is 0.309 e. The van der Waals surface area contributed by atoms with Crippen LogP contribution in [0.3, 0.4) is 0 Å². The van der Waals surface area contributed by atoms with Crippen LogP contribution >= 0.6 is 11.8 Å². The summed E-state index contributed by atoms with van der Waals surface area (Å²) in [6.07, 6.45) is 0. The van der Waals surface area contributed by atoms with Crippen LogP contribution in [0, 0.1) is 0 Å². The van der Waals surface area contributed by atoms with Gasteiger partial charge >= 0.3 is 0 Å². The molecule has 248 valence electrons. The summed E-state index contributed by atoms with van der Waals surface area (Å²) in [5, 5.41) is 8.17. The first kappa shape index (κ1) is 31.1. The molecule has 0 amide bonds. The van der Waals surface area contributed by atoms with Crippen molar-refractivity contribution in [3.8, 4) is 11.1 Å². The van der Waals surface area contributed by atoms with Gasteiger partial charge in [-0.15, -0.1) is 0 Å². The molecule has 0 bridgehead atoms. The minimum Gasteiger partial charge on any atom is -0.309 e. The molecule has 0 N–H and O–H groups in total. The van der Waals surface area contributed by atoms with Gasteiger partial charge in [-0.3, -0.25) is 0 Å². The third-order valence-corrected chi connectivity index (χ3v) is 17.8. The highest BCUT2D eigenvalue weighted by molar-refractivity contribution is 8.00. The maximum atomic E-state index is 2.55. The van der Waals surface area contributed by atoms with Gasteiger partial charge in [-0.25, -0.2) is 0 Å². The molecule has 0 saturated carbocycles. The molecule has 1 aliphatic heterocycles. The molecule has 0 unspecified atom stereocenters. The third kappa shape index (κ3) is 4.49. The number of hydrogen-bond donors (Lipinski definition) is 0. The van der Waals surface area contributed by atoms with Gasteiger partial charge in [0.2, 0.25) is 0 Å². The SMILES string of the molecule is CC1(C)c2ccccc2-c2ccc(N(c3cccc4c3Sc3ccccc3[Si]4(c3ccccc3)c3ccccc3)c3cccc4ccccc34)cc21. The minimum atomic E-state index is -2.74. The molecule has 0 aromatic heterocycles.